The van der Waals surface area contributed by atoms with Crippen molar-refractivity contribution in [2.24, 2.45) is 4.99 Å². The number of nitrogens with zero attached hydrogens (tertiary/aromatic N) is 1. The highest BCUT2D eigenvalue weighted by Gasteiger charge is 2.33. The van der Waals surface area contributed by atoms with E-state index in [1.54, 1.807) is 13.8 Å². The Hall–Kier alpha value is -1.35. The lowest BCUT2D eigenvalue weighted by molar-refractivity contribution is 0.0436. The van der Waals surface area contributed by atoms with E-state index >= 15 is 0 Å². The first-order chi connectivity index (χ1) is 10.3. The monoisotopic (exact) mass is 317 g/mol. The van der Waals surface area contributed by atoms with Crippen LogP contribution in [-0.2, 0) is 15.6 Å². The lowest BCUT2D eigenvalue weighted by Gasteiger charge is -2.26. The van der Waals surface area contributed by atoms with Gasteiger partial charge in [0.25, 0.3) is 0 Å². The van der Waals surface area contributed by atoms with Crippen LogP contribution < -0.4 is 0 Å². The third-order valence-electron chi connectivity index (χ3n) is 4.38. The molecule has 1 atom stereocenters. The quantitative estimate of drug-likeness (QED) is 0.888. The summed E-state index contributed by atoms with van der Waals surface area (Å²) in [6.45, 7) is 17.3. The molecule has 0 fully saturated rings. The highest BCUT2D eigenvalue weighted by atomic mass is 16.5. The third-order valence-corrected chi connectivity index (χ3v) is 4.38. The van der Waals surface area contributed by atoms with Gasteiger partial charge < -0.3 is 9.84 Å². The molecule has 0 spiro atoms. The second-order valence-corrected chi connectivity index (χ2v) is 9.21. The molecule has 1 aliphatic rings. The molecule has 0 amide bonds. The van der Waals surface area contributed by atoms with Crippen LogP contribution in [0.1, 0.15) is 72.1 Å². The predicted molar refractivity (Wildman–Crippen MR) is 96.4 cm³/mol. The van der Waals surface area contributed by atoms with Crippen molar-refractivity contribution in [2.75, 3.05) is 6.61 Å². The van der Waals surface area contributed by atoms with Gasteiger partial charge in [-0.2, -0.15) is 0 Å². The Bertz CT molecular complexity index is 578. The van der Waals surface area contributed by atoms with Crippen molar-refractivity contribution in [1.82, 2.24) is 0 Å². The molecule has 128 valence electrons. The van der Waals surface area contributed by atoms with E-state index in [0.29, 0.717) is 12.5 Å². The fraction of sp³-hybridized carbons (Fsp3) is 0.650. The van der Waals surface area contributed by atoms with Crippen LogP contribution in [0.15, 0.2) is 23.2 Å². The van der Waals surface area contributed by atoms with E-state index in [1.807, 2.05) is 0 Å². The lowest BCUT2D eigenvalue weighted by Crippen LogP contribution is -2.35. The van der Waals surface area contributed by atoms with Crippen molar-refractivity contribution in [3.05, 3.63) is 34.9 Å². The van der Waals surface area contributed by atoms with Gasteiger partial charge in [0.2, 0.25) is 5.90 Å². The van der Waals surface area contributed by atoms with Gasteiger partial charge in [-0.1, -0.05) is 47.6 Å². The summed E-state index contributed by atoms with van der Waals surface area (Å²) in [5, 5.41) is 10.2. The van der Waals surface area contributed by atoms with Gasteiger partial charge >= 0.3 is 0 Å². The summed E-state index contributed by atoms with van der Waals surface area (Å²) in [5.41, 5.74) is 2.82. The average molecular weight is 317 g/mol. The van der Waals surface area contributed by atoms with Crippen molar-refractivity contribution in [3.8, 4) is 0 Å². The molecule has 0 bridgehead atoms. The number of aliphatic imine (C=N–C) groups is 1. The van der Waals surface area contributed by atoms with Crippen LogP contribution >= 0.6 is 0 Å². The summed E-state index contributed by atoms with van der Waals surface area (Å²) >= 11 is 0. The molecule has 2 rings (SSSR count). The second-order valence-electron chi connectivity index (χ2n) is 9.21. The standard InChI is InChI=1S/C20H31NO2/c1-18(2,3)14-9-13(10-15(11-14)19(4,5)6)17-21-16(12-23-17)20(7,8)22/h9-11,16,22H,12H2,1-8H3/t16-/m0/s1. The molecule has 0 saturated heterocycles. The summed E-state index contributed by atoms with van der Waals surface area (Å²) in [5.74, 6) is 0.647. The maximum atomic E-state index is 10.2. The number of ether oxygens (including phenoxy) is 1. The van der Waals surface area contributed by atoms with Crippen molar-refractivity contribution < 1.29 is 9.84 Å². The first kappa shape index (κ1) is 18.0. The molecule has 1 aromatic carbocycles. The van der Waals surface area contributed by atoms with Crippen LogP contribution in [0.5, 0.6) is 0 Å². The van der Waals surface area contributed by atoms with Gasteiger partial charge in [-0.05, 0) is 47.9 Å². The fourth-order valence-electron chi connectivity index (χ4n) is 2.51. The Morgan fingerprint density at radius 3 is 1.74 bits per heavy atom. The van der Waals surface area contributed by atoms with E-state index in [4.69, 9.17) is 4.74 Å². The van der Waals surface area contributed by atoms with E-state index in [0.717, 1.165) is 5.56 Å². The SMILES string of the molecule is CC(C)(C)c1cc(C2=N[C@H](C(C)(C)O)CO2)cc(C(C)(C)C)c1. The van der Waals surface area contributed by atoms with Crippen molar-refractivity contribution in [2.45, 2.75) is 77.9 Å². The van der Waals surface area contributed by atoms with Crippen LogP contribution in [-0.4, -0.2) is 29.3 Å². The van der Waals surface area contributed by atoms with Gasteiger partial charge in [0.1, 0.15) is 12.6 Å². The summed E-state index contributed by atoms with van der Waals surface area (Å²) in [4.78, 5) is 4.62. The molecule has 3 nitrogen and oxygen atoms in total. The number of hydrogen-bond donors (Lipinski definition) is 1. The molecule has 1 heterocycles. The first-order valence-corrected chi connectivity index (χ1v) is 8.38. The predicted octanol–water partition coefficient (Wildman–Crippen LogP) is 4.20. The Morgan fingerprint density at radius 1 is 0.913 bits per heavy atom. The van der Waals surface area contributed by atoms with Gasteiger partial charge in [0, 0.05) is 5.56 Å². The van der Waals surface area contributed by atoms with Crippen LogP contribution in [0.2, 0.25) is 0 Å². The first-order valence-electron chi connectivity index (χ1n) is 8.38. The zero-order valence-electron chi connectivity index (χ0n) is 15.8. The number of benzene rings is 1. The van der Waals surface area contributed by atoms with Crippen LogP contribution in [0.4, 0.5) is 0 Å². The number of hydrogen-bond acceptors (Lipinski definition) is 3. The number of aliphatic hydroxyl groups is 1. The number of rotatable bonds is 2. The van der Waals surface area contributed by atoms with Crippen LogP contribution in [0.25, 0.3) is 0 Å². The van der Waals surface area contributed by atoms with Crippen LogP contribution in [0, 0.1) is 0 Å². The normalized spacial score (nSPS) is 19.5. The summed E-state index contributed by atoms with van der Waals surface area (Å²) in [6, 6.07) is 6.41. The largest absolute Gasteiger partial charge is 0.475 e. The van der Waals surface area contributed by atoms with Crippen molar-refractivity contribution in [1.29, 1.82) is 0 Å². The fourth-order valence-corrected chi connectivity index (χ4v) is 2.51. The molecule has 1 aromatic rings. The summed E-state index contributed by atoms with van der Waals surface area (Å²) in [7, 11) is 0. The second kappa shape index (κ2) is 5.62. The lowest BCUT2D eigenvalue weighted by atomic mass is 9.79. The minimum atomic E-state index is -0.865. The highest BCUT2D eigenvalue weighted by molar-refractivity contribution is 5.95. The Kier molecular flexibility index (Phi) is 4.40. The Labute approximate surface area is 140 Å². The minimum Gasteiger partial charge on any atom is -0.475 e. The molecule has 0 aliphatic carbocycles. The molecular formula is C20H31NO2. The van der Waals surface area contributed by atoms with E-state index in [9.17, 15) is 5.11 Å². The summed E-state index contributed by atoms with van der Waals surface area (Å²) in [6.07, 6.45) is 0. The molecule has 1 N–H and O–H groups in total. The molecule has 23 heavy (non-hydrogen) atoms. The van der Waals surface area contributed by atoms with Gasteiger partial charge in [0.15, 0.2) is 0 Å². The van der Waals surface area contributed by atoms with Crippen molar-refractivity contribution >= 4 is 5.90 Å². The van der Waals surface area contributed by atoms with E-state index in [-0.39, 0.29) is 16.9 Å². The molecule has 1 aliphatic heterocycles. The van der Waals surface area contributed by atoms with Crippen molar-refractivity contribution in [3.63, 3.8) is 0 Å². The summed E-state index contributed by atoms with van der Waals surface area (Å²) < 4.78 is 5.80. The Balaban J connectivity index is 2.51. The zero-order valence-corrected chi connectivity index (χ0v) is 15.8. The van der Waals surface area contributed by atoms with Gasteiger partial charge in [-0.3, -0.25) is 0 Å². The molecule has 0 aromatic heterocycles. The zero-order chi connectivity index (χ0) is 17.6. The smallest absolute Gasteiger partial charge is 0.216 e. The molecule has 3 heteroatoms. The minimum absolute atomic E-state index is 0.0603. The van der Waals surface area contributed by atoms with E-state index in [1.165, 1.54) is 11.1 Å². The topological polar surface area (TPSA) is 41.8 Å². The van der Waals surface area contributed by atoms with Gasteiger partial charge in [-0.25, -0.2) is 4.99 Å². The van der Waals surface area contributed by atoms with Gasteiger partial charge in [-0.15, -0.1) is 0 Å². The molecule has 0 unspecified atom stereocenters. The maximum absolute atomic E-state index is 10.2. The highest BCUT2D eigenvalue weighted by Crippen LogP contribution is 2.31. The van der Waals surface area contributed by atoms with E-state index in [2.05, 4.69) is 64.7 Å². The molecule has 0 radical (unpaired) electrons. The third kappa shape index (κ3) is 4.14. The molecular weight excluding hydrogens is 286 g/mol. The Morgan fingerprint density at radius 2 is 1.39 bits per heavy atom. The maximum Gasteiger partial charge on any atom is 0.216 e. The average Bonchev–Trinajstić information content (AvgIpc) is 2.85. The van der Waals surface area contributed by atoms with E-state index < -0.39 is 5.60 Å². The van der Waals surface area contributed by atoms with Gasteiger partial charge in [0.05, 0.1) is 5.60 Å². The van der Waals surface area contributed by atoms with Crippen LogP contribution in [0.3, 0.4) is 0 Å². The molecule has 0 saturated carbocycles.